The number of aromatic nitrogens is 1. The van der Waals surface area contributed by atoms with Gasteiger partial charge in [-0.05, 0) is 75.7 Å². The van der Waals surface area contributed by atoms with Crippen LogP contribution < -0.4 is 10.6 Å². The molecule has 0 spiro atoms. The van der Waals surface area contributed by atoms with Crippen LogP contribution in [-0.4, -0.2) is 61.3 Å². The second-order valence-corrected chi connectivity index (χ2v) is 7.36. The summed E-state index contributed by atoms with van der Waals surface area (Å²) in [4.78, 5) is 10.2. The van der Waals surface area contributed by atoms with Crippen molar-refractivity contribution in [3.05, 3.63) is 29.6 Å². The van der Waals surface area contributed by atoms with Gasteiger partial charge in [0.05, 0.1) is 6.54 Å². The number of aliphatic imine (C=N–C) groups is 1. The van der Waals surface area contributed by atoms with E-state index in [4.69, 9.17) is 0 Å². The number of aryl methyl sites for hydroxylation is 1. The number of alkyl halides is 3. The highest BCUT2D eigenvalue weighted by Gasteiger charge is 2.32. The van der Waals surface area contributed by atoms with Crippen LogP contribution in [0.5, 0.6) is 0 Å². The van der Waals surface area contributed by atoms with Gasteiger partial charge in [0, 0.05) is 32.0 Å². The van der Waals surface area contributed by atoms with E-state index in [0.717, 1.165) is 44.7 Å². The first kappa shape index (κ1) is 25.9. The molecule has 0 saturated carbocycles. The van der Waals surface area contributed by atoms with Gasteiger partial charge in [-0.1, -0.05) is 0 Å². The molecule has 1 aliphatic heterocycles. The van der Waals surface area contributed by atoms with Gasteiger partial charge in [0.2, 0.25) is 0 Å². The Hall–Kier alpha value is -1.10. The molecule has 166 valence electrons. The smallest absolute Gasteiger partial charge is 0.357 e. The lowest BCUT2D eigenvalue weighted by atomic mass is 9.93. The number of rotatable bonds is 8. The lowest BCUT2D eigenvalue weighted by molar-refractivity contribution is -0.148. The van der Waals surface area contributed by atoms with Gasteiger partial charge in [-0.25, -0.2) is 0 Å². The van der Waals surface area contributed by atoms with Gasteiger partial charge in [0.25, 0.3) is 0 Å². The second kappa shape index (κ2) is 13.3. The third-order valence-electron chi connectivity index (χ3n) is 5.08. The first-order chi connectivity index (χ1) is 13.4. The van der Waals surface area contributed by atoms with Gasteiger partial charge < -0.3 is 10.6 Å². The van der Waals surface area contributed by atoms with Crippen molar-refractivity contribution in [2.75, 3.05) is 39.3 Å². The van der Waals surface area contributed by atoms with Gasteiger partial charge in [0.1, 0.15) is 0 Å². The normalized spacial score (nSPS) is 16.4. The third kappa shape index (κ3) is 10.5. The molecule has 2 heterocycles. The molecule has 1 aliphatic rings. The number of hydrogen-bond donors (Lipinski definition) is 2. The van der Waals surface area contributed by atoms with Crippen molar-refractivity contribution in [2.45, 2.75) is 45.7 Å². The molecule has 0 unspecified atom stereocenters. The largest absolute Gasteiger partial charge is 0.401 e. The van der Waals surface area contributed by atoms with Crippen LogP contribution >= 0.6 is 24.0 Å². The Morgan fingerprint density at radius 3 is 2.62 bits per heavy atom. The van der Waals surface area contributed by atoms with E-state index in [2.05, 4.69) is 27.5 Å². The maximum atomic E-state index is 12.5. The number of nitrogens with one attached hydrogen (secondary N) is 2. The number of piperidine rings is 1. The molecule has 2 rings (SSSR count). The van der Waals surface area contributed by atoms with Gasteiger partial charge in [-0.15, -0.1) is 24.0 Å². The van der Waals surface area contributed by atoms with Crippen LogP contribution in [0.15, 0.2) is 23.5 Å². The van der Waals surface area contributed by atoms with Crippen LogP contribution in [-0.2, 0) is 6.42 Å². The molecule has 0 radical (unpaired) electrons. The molecule has 0 atom stereocenters. The van der Waals surface area contributed by atoms with E-state index in [1.165, 1.54) is 16.0 Å². The third-order valence-corrected chi connectivity index (χ3v) is 5.08. The molecule has 1 aromatic heterocycles. The van der Waals surface area contributed by atoms with Crippen molar-refractivity contribution < 1.29 is 13.2 Å². The topological polar surface area (TPSA) is 52.6 Å². The fraction of sp³-hybridized carbons (Fsp3) is 0.700. The fourth-order valence-electron chi connectivity index (χ4n) is 3.49. The molecule has 0 amide bonds. The summed E-state index contributed by atoms with van der Waals surface area (Å²) < 4.78 is 37.4. The molecule has 29 heavy (non-hydrogen) atoms. The molecule has 0 aliphatic carbocycles. The van der Waals surface area contributed by atoms with Crippen LogP contribution in [0, 0.1) is 12.8 Å². The summed E-state index contributed by atoms with van der Waals surface area (Å²) in [5, 5.41) is 6.60. The summed E-state index contributed by atoms with van der Waals surface area (Å²) in [6, 6.07) is 2.03. The summed E-state index contributed by atoms with van der Waals surface area (Å²) in [6.07, 6.45) is 3.03. The van der Waals surface area contributed by atoms with E-state index in [-0.39, 0.29) is 24.0 Å². The van der Waals surface area contributed by atoms with Gasteiger partial charge in [-0.3, -0.25) is 14.9 Å². The fourth-order valence-corrected chi connectivity index (χ4v) is 3.49. The Kier molecular flexibility index (Phi) is 11.9. The summed E-state index contributed by atoms with van der Waals surface area (Å²) in [5.74, 6) is 1.25. The minimum atomic E-state index is -4.10. The van der Waals surface area contributed by atoms with Crippen LogP contribution in [0.1, 0.15) is 37.3 Å². The van der Waals surface area contributed by atoms with Crippen LogP contribution in [0.4, 0.5) is 13.2 Å². The lowest BCUT2D eigenvalue weighted by Gasteiger charge is -2.32. The van der Waals surface area contributed by atoms with Crippen molar-refractivity contribution >= 4 is 29.9 Å². The average molecular weight is 527 g/mol. The van der Waals surface area contributed by atoms with E-state index in [1.54, 1.807) is 0 Å². The summed E-state index contributed by atoms with van der Waals surface area (Å²) in [5.41, 5.74) is 2.45. The van der Waals surface area contributed by atoms with Gasteiger partial charge >= 0.3 is 6.18 Å². The van der Waals surface area contributed by atoms with Crippen molar-refractivity contribution in [3.63, 3.8) is 0 Å². The van der Waals surface area contributed by atoms with Gasteiger partial charge in [-0.2, -0.15) is 13.2 Å². The Morgan fingerprint density at radius 2 is 2.00 bits per heavy atom. The molecule has 2 N–H and O–H groups in total. The van der Waals surface area contributed by atoms with E-state index in [0.29, 0.717) is 25.6 Å². The highest BCUT2D eigenvalue weighted by atomic mass is 127. The Bertz CT molecular complexity index is 616. The summed E-state index contributed by atoms with van der Waals surface area (Å²) in [6.45, 7) is 6.61. The molecular formula is C20H33F3IN5. The quantitative estimate of drug-likeness (QED) is 0.307. The predicted molar refractivity (Wildman–Crippen MR) is 122 cm³/mol. The van der Waals surface area contributed by atoms with Crippen molar-refractivity contribution in [2.24, 2.45) is 10.9 Å². The Balaban J connectivity index is 0.00000420. The molecular weight excluding hydrogens is 494 g/mol. The average Bonchev–Trinajstić information content (AvgIpc) is 2.63. The minimum Gasteiger partial charge on any atom is -0.357 e. The zero-order valence-electron chi connectivity index (χ0n) is 17.3. The van der Waals surface area contributed by atoms with Crippen LogP contribution in [0.2, 0.25) is 0 Å². The van der Waals surface area contributed by atoms with E-state index >= 15 is 0 Å². The molecule has 1 saturated heterocycles. The predicted octanol–water partition coefficient (Wildman–Crippen LogP) is 3.77. The zero-order chi connectivity index (χ0) is 20.4. The number of nitrogens with zero attached hydrogens (tertiary/aromatic N) is 3. The summed E-state index contributed by atoms with van der Waals surface area (Å²) in [7, 11) is 0. The maximum Gasteiger partial charge on any atom is 0.401 e. The first-order valence-corrected chi connectivity index (χ1v) is 10.1. The molecule has 5 nitrogen and oxygen atoms in total. The molecule has 1 fully saturated rings. The SMILES string of the molecule is CCNC(=NCCC1CCN(CC(F)(F)F)CC1)NCCc1ccncc1C.I. The number of guanidine groups is 1. The number of likely N-dealkylation sites (tertiary alicyclic amines) is 1. The molecule has 9 heteroatoms. The monoisotopic (exact) mass is 527 g/mol. The van der Waals surface area contributed by atoms with E-state index < -0.39 is 12.7 Å². The van der Waals surface area contributed by atoms with Crippen LogP contribution in [0.25, 0.3) is 0 Å². The zero-order valence-corrected chi connectivity index (χ0v) is 19.6. The summed E-state index contributed by atoms with van der Waals surface area (Å²) >= 11 is 0. The second-order valence-electron chi connectivity index (χ2n) is 7.36. The number of halogens is 4. The molecule has 0 bridgehead atoms. The van der Waals surface area contributed by atoms with Crippen LogP contribution in [0.3, 0.4) is 0 Å². The van der Waals surface area contributed by atoms with Crippen molar-refractivity contribution in [1.82, 2.24) is 20.5 Å². The Labute approximate surface area is 189 Å². The molecule has 1 aromatic rings. The van der Waals surface area contributed by atoms with E-state index in [1.807, 2.05) is 25.4 Å². The maximum absolute atomic E-state index is 12.5. The highest BCUT2D eigenvalue weighted by molar-refractivity contribution is 14.0. The van der Waals surface area contributed by atoms with Gasteiger partial charge in [0.15, 0.2) is 5.96 Å². The van der Waals surface area contributed by atoms with E-state index in [9.17, 15) is 13.2 Å². The number of hydrogen-bond acceptors (Lipinski definition) is 3. The lowest BCUT2D eigenvalue weighted by Crippen LogP contribution is -2.40. The first-order valence-electron chi connectivity index (χ1n) is 10.1. The minimum absolute atomic E-state index is 0. The Morgan fingerprint density at radius 1 is 1.28 bits per heavy atom. The standard InChI is InChI=1S/C20H32F3N5.HI/c1-3-25-19(27-11-6-18-5-9-24-14-16(18)2)26-10-4-17-7-12-28(13-8-17)15-20(21,22)23;/h5,9,14,17H,3-4,6-8,10-13,15H2,1-2H3,(H2,25,26,27);1H. The van der Waals surface area contributed by atoms with Crippen molar-refractivity contribution in [3.8, 4) is 0 Å². The highest BCUT2D eigenvalue weighted by Crippen LogP contribution is 2.24. The molecule has 0 aromatic carbocycles. The van der Waals surface area contributed by atoms with Crippen molar-refractivity contribution in [1.29, 1.82) is 0 Å². The number of pyridine rings is 1.